The van der Waals surface area contributed by atoms with Crippen LogP contribution >= 0.6 is 11.3 Å². The third kappa shape index (κ3) is 3.39. The lowest BCUT2D eigenvalue weighted by molar-refractivity contribution is 0.756. The van der Waals surface area contributed by atoms with Crippen molar-refractivity contribution in [2.24, 2.45) is 9.98 Å². The van der Waals surface area contributed by atoms with Crippen LogP contribution in [0.2, 0.25) is 0 Å². The second-order valence-corrected chi connectivity index (χ2v) is 9.13. The van der Waals surface area contributed by atoms with Crippen LogP contribution in [0, 0.1) is 6.92 Å². The van der Waals surface area contributed by atoms with Crippen molar-refractivity contribution in [2.75, 3.05) is 0 Å². The van der Waals surface area contributed by atoms with Gasteiger partial charge in [-0.1, -0.05) is 72.3 Å². The molecule has 0 bridgehead atoms. The van der Waals surface area contributed by atoms with E-state index in [1.807, 2.05) is 47.7 Å². The predicted molar refractivity (Wildman–Crippen MR) is 136 cm³/mol. The quantitative estimate of drug-likeness (QED) is 0.333. The van der Waals surface area contributed by atoms with Gasteiger partial charge in [0.2, 0.25) is 0 Å². The number of rotatable bonds is 3. The Balaban J connectivity index is 1.49. The molecule has 3 nitrogen and oxygen atoms in total. The summed E-state index contributed by atoms with van der Waals surface area (Å²) >= 11 is 1.84. The van der Waals surface area contributed by atoms with Crippen LogP contribution in [0.1, 0.15) is 28.4 Å². The van der Waals surface area contributed by atoms with Crippen molar-refractivity contribution in [3.05, 3.63) is 119 Å². The average Bonchev–Trinajstić information content (AvgIpc) is 3.22. The zero-order valence-electron chi connectivity index (χ0n) is 17.6. The second kappa shape index (κ2) is 7.74. The Labute approximate surface area is 190 Å². The minimum absolute atomic E-state index is 0.278. The minimum atomic E-state index is -0.278. The lowest BCUT2D eigenvalue weighted by Crippen LogP contribution is -2.36. The molecule has 1 aliphatic rings. The number of amidine groups is 2. The van der Waals surface area contributed by atoms with Gasteiger partial charge in [-0.3, -0.25) is 0 Å². The first-order chi connectivity index (χ1) is 15.7. The van der Waals surface area contributed by atoms with Gasteiger partial charge in [-0.25, -0.2) is 9.98 Å². The maximum absolute atomic E-state index is 5.01. The van der Waals surface area contributed by atoms with Gasteiger partial charge in [-0.15, -0.1) is 11.3 Å². The molecule has 1 N–H and O–H groups in total. The molecule has 32 heavy (non-hydrogen) atoms. The van der Waals surface area contributed by atoms with Crippen molar-refractivity contribution in [1.82, 2.24) is 5.32 Å². The fourth-order valence-electron chi connectivity index (χ4n) is 4.15. The van der Waals surface area contributed by atoms with E-state index in [-0.39, 0.29) is 6.17 Å². The fourth-order valence-corrected chi connectivity index (χ4v) is 5.22. The van der Waals surface area contributed by atoms with Crippen molar-refractivity contribution in [3.8, 4) is 0 Å². The molecule has 0 saturated carbocycles. The molecule has 5 aromatic rings. The van der Waals surface area contributed by atoms with Crippen LogP contribution in [0.25, 0.3) is 20.2 Å². The van der Waals surface area contributed by atoms with Crippen molar-refractivity contribution in [1.29, 1.82) is 0 Å². The number of aliphatic imine (C=N–C) groups is 2. The lowest BCUT2D eigenvalue weighted by atomic mass is 10.1. The Kier molecular flexibility index (Phi) is 4.58. The van der Waals surface area contributed by atoms with E-state index in [0.717, 1.165) is 28.4 Å². The number of hydrogen-bond acceptors (Lipinski definition) is 4. The van der Waals surface area contributed by atoms with Crippen LogP contribution in [-0.2, 0) is 0 Å². The van der Waals surface area contributed by atoms with E-state index in [2.05, 4.69) is 72.9 Å². The summed E-state index contributed by atoms with van der Waals surface area (Å²) in [5.74, 6) is 1.69. The Bertz CT molecular complexity index is 1500. The number of thiophene rings is 1. The monoisotopic (exact) mass is 431 g/mol. The van der Waals surface area contributed by atoms with Gasteiger partial charge in [0.05, 0.1) is 0 Å². The number of fused-ring (bicyclic) bond motifs is 3. The Hall–Kier alpha value is -3.76. The molecule has 1 aromatic heterocycles. The molecule has 0 radical (unpaired) electrons. The smallest absolute Gasteiger partial charge is 0.169 e. The van der Waals surface area contributed by atoms with Gasteiger partial charge in [0.1, 0.15) is 11.7 Å². The molecule has 0 aliphatic carbocycles. The Morgan fingerprint density at radius 2 is 1.28 bits per heavy atom. The van der Waals surface area contributed by atoms with Gasteiger partial charge in [0, 0.05) is 31.3 Å². The summed E-state index contributed by atoms with van der Waals surface area (Å²) in [5, 5.41) is 6.08. The SMILES string of the molecule is Cc1ccc2sc3ccc(C4=NC(c5ccccc5)N=C(c5ccccc5)N4)cc3c2c1. The highest BCUT2D eigenvalue weighted by Crippen LogP contribution is 2.35. The normalized spacial score (nSPS) is 16.0. The molecule has 6 rings (SSSR count). The summed E-state index contributed by atoms with van der Waals surface area (Å²) in [4.78, 5) is 9.94. The molecule has 0 amide bonds. The van der Waals surface area contributed by atoms with E-state index < -0.39 is 0 Å². The summed E-state index contributed by atoms with van der Waals surface area (Å²) in [6.45, 7) is 2.15. The van der Waals surface area contributed by atoms with Crippen LogP contribution in [-0.4, -0.2) is 11.7 Å². The predicted octanol–water partition coefficient (Wildman–Crippen LogP) is 6.86. The van der Waals surface area contributed by atoms with E-state index in [1.54, 1.807) is 0 Å². The first-order valence-electron chi connectivity index (χ1n) is 10.7. The molecule has 0 saturated heterocycles. The topological polar surface area (TPSA) is 36.8 Å². The molecule has 0 spiro atoms. The summed E-state index contributed by atoms with van der Waals surface area (Å²) < 4.78 is 2.61. The molecule has 154 valence electrons. The van der Waals surface area contributed by atoms with Gasteiger partial charge in [-0.2, -0.15) is 0 Å². The van der Waals surface area contributed by atoms with E-state index in [9.17, 15) is 0 Å². The zero-order chi connectivity index (χ0) is 21.5. The lowest BCUT2D eigenvalue weighted by Gasteiger charge is -2.22. The van der Waals surface area contributed by atoms with Gasteiger partial charge < -0.3 is 5.32 Å². The fraction of sp³-hybridized carbons (Fsp3) is 0.0714. The zero-order valence-corrected chi connectivity index (χ0v) is 18.4. The number of hydrogen-bond donors (Lipinski definition) is 1. The molecule has 1 unspecified atom stereocenters. The van der Waals surface area contributed by atoms with Crippen molar-refractivity contribution in [2.45, 2.75) is 13.1 Å². The standard InChI is InChI=1S/C28H21N3S/c1-18-12-14-24-22(16-18)23-17-21(13-15-25(23)32-24)28-30-26(19-8-4-2-5-9-19)29-27(31-28)20-10-6-3-7-11-20/h2-17,26H,1H3,(H,29,30,31). The maximum atomic E-state index is 5.01. The summed E-state index contributed by atoms with van der Waals surface area (Å²) in [7, 11) is 0. The number of benzene rings is 4. The summed E-state index contributed by atoms with van der Waals surface area (Å²) in [6.07, 6.45) is -0.278. The maximum Gasteiger partial charge on any atom is 0.169 e. The summed E-state index contributed by atoms with van der Waals surface area (Å²) in [6, 6.07) is 33.8. The van der Waals surface area contributed by atoms with Crippen molar-refractivity contribution >= 4 is 43.2 Å². The second-order valence-electron chi connectivity index (χ2n) is 8.04. The van der Waals surface area contributed by atoms with Crippen LogP contribution in [0.3, 0.4) is 0 Å². The molecular weight excluding hydrogens is 410 g/mol. The van der Waals surface area contributed by atoms with Gasteiger partial charge in [0.25, 0.3) is 0 Å². The molecule has 1 aliphatic heterocycles. The number of nitrogens with zero attached hydrogens (tertiary/aromatic N) is 2. The highest BCUT2D eigenvalue weighted by Gasteiger charge is 2.21. The molecule has 0 fully saturated rings. The Morgan fingerprint density at radius 3 is 2.03 bits per heavy atom. The average molecular weight is 432 g/mol. The van der Waals surface area contributed by atoms with E-state index in [1.165, 1.54) is 25.7 Å². The first kappa shape index (κ1) is 19.0. The first-order valence-corrected chi connectivity index (χ1v) is 11.5. The van der Waals surface area contributed by atoms with Gasteiger partial charge in [-0.05, 0) is 42.8 Å². The van der Waals surface area contributed by atoms with Crippen LogP contribution in [0.5, 0.6) is 0 Å². The molecule has 4 heteroatoms. The Morgan fingerprint density at radius 1 is 0.656 bits per heavy atom. The van der Waals surface area contributed by atoms with E-state index >= 15 is 0 Å². The van der Waals surface area contributed by atoms with Crippen LogP contribution in [0.4, 0.5) is 0 Å². The minimum Gasteiger partial charge on any atom is -0.324 e. The summed E-state index contributed by atoms with van der Waals surface area (Å²) in [5.41, 5.74) is 4.48. The highest BCUT2D eigenvalue weighted by atomic mass is 32.1. The highest BCUT2D eigenvalue weighted by molar-refractivity contribution is 7.25. The third-order valence-electron chi connectivity index (χ3n) is 5.78. The largest absolute Gasteiger partial charge is 0.324 e. The van der Waals surface area contributed by atoms with Crippen LogP contribution in [0.15, 0.2) is 107 Å². The van der Waals surface area contributed by atoms with Crippen molar-refractivity contribution in [3.63, 3.8) is 0 Å². The van der Waals surface area contributed by atoms with E-state index in [0.29, 0.717) is 0 Å². The molecule has 2 heterocycles. The van der Waals surface area contributed by atoms with Crippen molar-refractivity contribution < 1.29 is 0 Å². The third-order valence-corrected chi connectivity index (χ3v) is 6.93. The van der Waals surface area contributed by atoms with E-state index in [4.69, 9.17) is 9.98 Å². The van der Waals surface area contributed by atoms with Gasteiger partial charge in [0.15, 0.2) is 6.17 Å². The number of aryl methyl sites for hydroxylation is 1. The number of nitrogens with one attached hydrogen (secondary N) is 1. The molecule has 4 aromatic carbocycles. The van der Waals surface area contributed by atoms with Crippen LogP contribution < -0.4 is 5.32 Å². The molecular formula is C28H21N3S. The van der Waals surface area contributed by atoms with Gasteiger partial charge >= 0.3 is 0 Å². The molecule has 1 atom stereocenters.